The standard InChI is InChI=1S/C15H16N2O3S2/c1-5-8-17-12-7-6-11(22(4,19)20)9-13(12)21-15(17)16-14(18)10(2)3/h1,6-7,9-10H,8H2,2-4H3. The van der Waals surface area contributed by atoms with Crippen LogP contribution in [-0.4, -0.2) is 25.1 Å². The zero-order valence-corrected chi connectivity index (χ0v) is 14.2. The van der Waals surface area contributed by atoms with Gasteiger partial charge in [0.25, 0.3) is 5.91 Å². The van der Waals surface area contributed by atoms with E-state index in [4.69, 9.17) is 6.42 Å². The van der Waals surface area contributed by atoms with Crippen molar-refractivity contribution in [3.8, 4) is 12.3 Å². The van der Waals surface area contributed by atoms with Crippen LogP contribution in [0, 0.1) is 18.3 Å². The first-order valence-corrected chi connectivity index (χ1v) is 9.30. The van der Waals surface area contributed by atoms with Crippen molar-refractivity contribution in [1.29, 1.82) is 0 Å². The van der Waals surface area contributed by atoms with E-state index in [-0.39, 0.29) is 23.3 Å². The number of thiazole rings is 1. The topological polar surface area (TPSA) is 68.5 Å². The van der Waals surface area contributed by atoms with Gasteiger partial charge in [0.05, 0.1) is 21.7 Å². The lowest BCUT2D eigenvalue weighted by Crippen LogP contribution is -2.18. The van der Waals surface area contributed by atoms with Gasteiger partial charge in [-0.2, -0.15) is 4.99 Å². The predicted octanol–water partition coefficient (Wildman–Crippen LogP) is 1.82. The van der Waals surface area contributed by atoms with E-state index in [1.54, 1.807) is 30.5 Å². The van der Waals surface area contributed by atoms with Crippen LogP contribution in [0.15, 0.2) is 28.1 Å². The molecule has 0 saturated heterocycles. The lowest BCUT2D eigenvalue weighted by atomic mass is 10.2. The first-order valence-electron chi connectivity index (χ1n) is 6.59. The summed E-state index contributed by atoms with van der Waals surface area (Å²) in [5.41, 5.74) is 0.769. The average Bonchev–Trinajstić information content (AvgIpc) is 2.75. The van der Waals surface area contributed by atoms with Crippen molar-refractivity contribution in [2.75, 3.05) is 6.26 Å². The number of carbonyl (C=O) groups is 1. The van der Waals surface area contributed by atoms with Gasteiger partial charge >= 0.3 is 0 Å². The van der Waals surface area contributed by atoms with Crippen LogP contribution >= 0.6 is 11.3 Å². The summed E-state index contributed by atoms with van der Waals surface area (Å²) in [5.74, 6) is 2.08. The number of nitrogens with zero attached hydrogens (tertiary/aromatic N) is 2. The third kappa shape index (κ3) is 3.29. The molecule has 1 aromatic carbocycles. The van der Waals surface area contributed by atoms with Gasteiger partial charge in [-0.3, -0.25) is 4.79 Å². The molecular formula is C15H16N2O3S2. The first-order chi connectivity index (χ1) is 10.2. The van der Waals surface area contributed by atoms with Crippen molar-refractivity contribution in [3.63, 3.8) is 0 Å². The number of sulfone groups is 1. The Morgan fingerprint density at radius 1 is 1.45 bits per heavy atom. The predicted molar refractivity (Wildman–Crippen MR) is 87.2 cm³/mol. The second-order valence-electron chi connectivity index (χ2n) is 5.18. The molecule has 1 aromatic heterocycles. The van der Waals surface area contributed by atoms with Gasteiger partial charge in [-0.25, -0.2) is 8.42 Å². The molecule has 116 valence electrons. The quantitative estimate of drug-likeness (QED) is 0.803. The first kappa shape index (κ1) is 16.5. The summed E-state index contributed by atoms with van der Waals surface area (Å²) in [6.45, 7) is 3.81. The molecule has 1 heterocycles. The SMILES string of the molecule is C#CCn1c(=NC(=O)C(C)C)sc2cc(S(C)(=O)=O)ccc21. The zero-order chi connectivity index (χ0) is 16.5. The lowest BCUT2D eigenvalue weighted by molar-refractivity contribution is -0.120. The van der Waals surface area contributed by atoms with E-state index in [2.05, 4.69) is 10.9 Å². The van der Waals surface area contributed by atoms with Gasteiger partial charge < -0.3 is 4.57 Å². The fourth-order valence-electron chi connectivity index (χ4n) is 1.84. The Morgan fingerprint density at radius 3 is 2.68 bits per heavy atom. The van der Waals surface area contributed by atoms with Gasteiger partial charge in [-0.15, -0.1) is 6.42 Å². The van der Waals surface area contributed by atoms with E-state index in [0.29, 0.717) is 4.80 Å². The maximum atomic E-state index is 11.9. The number of amides is 1. The smallest absolute Gasteiger partial charge is 0.250 e. The Kier molecular flexibility index (Phi) is 4.54. The Balaban J connectivity index is 2.75. The van der Waals surface area contributed by atoms with Crippen LogP contribution < -0.4 is 4.80 Å². The van der Waals surface area contributed by atoms with Crippen LogP contribution in [0.25, 0.3) is 10.2 Å². The Bertz CT molecular complexity index is 941. The molecule has 2 aromatic rings. The highest BCUT2D eigenvalue weighted by atomic mass is 32.2. The number of hydrogen-bond donors (Lipinski definition) is 0. The molecule has 1 amide bonds. The normalized spacial score (nSPS) is 12.8. The number of fused-ring (bicyclic) bond motifs is 1. The zero-order valence-electron chi connectivity index (χ0n) is 12.5. The highest BCUT2D eigenvalue weighted by Gasteiger charge is 2.13. The maximum absolute atomic E-state index is 11.9. The molecule has 22 heavy (non-hydrogen) atoms. The Labute approximate surface area is 133 Å². The van der Waals surface area contributed by atoms with Crippen LogP contribution in [0.5, 0.6) is 0 Å². The van der Waals surface area contributed by atoms with E-state index in [0.717, 1.165) is 16.5 Å². The minimum absolute atomic E-state index is 0.212. The molecule has 5 nitrogen and oxygen atoms in total. The Hall–Kier alpha value is -1.91. The number of rotatable bonds is 3. The fourth-order valence-corrected chi connectivity index (χ4v) is 3.63. The van der Waals surface area contributed by atoms with E-state index >= 15 is 0 Å². The largest absolute Gasteiger partial charge is 0.305 e. The molecule has 7 heteroatoms. The molecule has 0 aliphatic carbocycles. The van der Waals surface area contributed by atoms with Gasteiger partial charge in [0.2, 0.25) is 0 Å². The molecule has 0 saturated carbocycles. The van der Waals surface area contributed by atoms with E-state index < -0.39 is 9.84 Å². The summed E-state index contributed by atoms with van der Waals surface area (Å²) < 4.78 is 25.8. The van der Waals surface area contributed by atoms with Gasteiger partial charge in [0.1, 0.15) is 0 Å². The summed E-state index contributed by atoms with van der Waals surface area (Å²) in [4.78, 5) is 16.7. The average molecular weight is 336 g/mol. The highest BCUT2D eigenvalue weighted by Crippen LogP contribution is 2.21. The van der Waals surface area contributed by atoms with Gasteiger partial charge in [0.15, 0.2) is 14.6 Å². The van der Waals surface area contributed by atoms with Crippen molar-refractivity contribution >= 4 is 37.3 Å². The van der Waals surface area contributed by atoms with Crippen molar-refractivity contribution in [2.45, 2.75) is 25.3 Å². The summed E-state index contributed by atoms with van der Waals surface area (Å²) in [5, 5.41) is 0. The monoisotopic (exact) mass is 336 g/mol. The molecular weight excluding hydrogens is 320 g/mol. The minimum atomic E-state index is -3.29. The van der Waals surface area contributed by atoms with E-state index in [1.165, 1.54) is 17.4 Å². The third-order valence-corrected chi connectivity index (χ3v) is 5.18. The maximum Gasteiger partial charge on any atom is 0.250 e. The minimum Gasteiger partial charge on any atom is -0.305 e. The molecule has 2 rings (SSSR count). The second kappa shape index (κ2) is 6.07. The molecule has 0 radical (unpaired) electrons. The summed E-state index contributed by atoms with van der Waals surface area (Å²) in [7, 11) is -3.29. The van der Waals surface area contributed by atoms with Gasteiger partial charge in [-0.05, 0) is 18.2 Å². The van der Waals surface area contributed by atoms with Crippen LogP contribution in [0.4, 0.5) is 0 Å². The number of terminal acetylenes is 1. The van der Waals surface area contributed by atoms with Gasteiger partial charge in [-0.1, -0.05) is 31.1 Å². The molecule has 0 bridgehead atoms. The number of benzene rings is 1. The Morgan fingerprint density at radius 2 is 2.14 bits per heavy atom. The molecule has 0 fully saturated rings. The molecule has 0 unspecified atom stereocenters. The number of carbonyl (C=O) groups excluding carboxylic acids is 1. The van der Waals surface area contributed by atoms with E-state index in [9.17, 15) is 13.2 Å². The lowest BCUT2D eigenvalue weighted by Gasteiger charge is -2.02. The van der Waals surface area contributed by atoms with Crippen LogP contribution in [0.2, 0.25) is 0 Å². The second-order valence-corrected chi connectivity index (χ2v) is 8.21. The molecule has 0 atom stereocenters. The number of hydrogen-bond acceptors (Lipinski definition) is 4. The van der Waals surface area contributed by atoms with Crippen LogP contribution in [-0.2, 0) is 21.2 Å². The highest BCUT2D eigenvalue weighted by molar-refractivity contribution is 7.90. The summed E-state index contributed by atoms with van der Waals surface area (Å²) in [6.07, 6.45) is 6.54. The summed E-state index contributed by atoms with van der Waals surface area (Å²) in [6, 6.07) is 4.81. The summed E-state index contributed by atoms with van der Waals surface area (Å²) >= 11 is 1.26. The van der Waals surface area contributed by atoms with Crippen LogP contribution in [0.1, 0.15) is 13.8 Å². The molecule has 0 N–H and O–H groups in total. The van der Waals surface area contributed by atoms with Crippen molar-refractivity contribution in [3.05, 3.63) is 23.0 Å². The molecule has 0 aliphatic heterocycles. The molecule has 0 spiro atoms. The number of aromatic nitrogens is 1. The van der Waals surface area contributed by atoms with Crippen molar-refractivity contribution in [2.24, 2.45) is 10.9 Å². The van der Waals surface area contributed by atoms with Crippen molar-refractivity contribution < 1.29 is 13.2 Å². The van der Waals surface area contributed by atoms with Crippen LogP contribution in [0.3, 0.4) is 0 Å². The van der Waals surface area contributed by atoms with Crippen molar-refractivity contribution in [1.82, 2.24) is 4.57 Å². The molecule has 0 aliphatic rings. The van der Waals surface area contributed by atoms with Gasteiger partial charge in [0, 0.05) is 12.2 Å². The van der Waals surface area contributed by atoms with E-state index in [1.807, 2.05) is 0 Å². The fraction of sp³-hybridized carbons (Fsp3) is 0.333. The third-order valence-electron chi connectivity index (χ3n) is 3.03.